The Hall–Kier alpha value is -3.59. The Morgan fingerprint density at radius 2 is 1.75 bits per heavy atom. The molecule has 28 heavy (non-hydrogen) atoms. The molecule has 3 rings (SSSR count). The highest BCUT2D eigenvalue weighted by Gasteiger charge is 2.17. The molecule has 0 atom stereocenters. The molecule has 0 radical (unpaired) electrons. The molecule has 0 spiro atoms. The van der Waals surface area contributed by atoms with Crippen LogP contribution in [0.25, 0.3) is 11.1 Å². The van der Waals surface area contributed by atoms with Gasteiger partial charge in [0, 0.05) is 11.6 Å². The number of rotatable bonds is 4. The summed E-state index contributed by atoms with van der Waals surface area (Å²) in [6.45, 7) is 1.90. The van der Waals surface area contributed by atoms with Crippen LogP contribution in [0.1, 0.15) is 28.4 Å². The summed E-state index contributed by atoms with van der Waals surface area (Å²) in [4.78, 5) is 12.2. The van der Waals surface area contributed by atoms with Crippen molar-refractivity contribution in [1.29, 1.82) is 5.26 Å². The van der Waals surface area contributed by atoms with Crippen LogP contribution in [-0.4, -0.2) is 5.97 Å². The third-order valence-corrected chi connectivity index (χ3v) is 4.21. The number of carbonyl (C=O) groups excluding carboxylic acids is 1. The smallest absolute Gasteiger partial charge is 0.346 e. The normalized spacial score (nSPS) is 10.4. The zero-order valence-corrected chi connectivity index (χ0v) is 14.8. The molecule has 6 heteroatoms. The van der Waals surface area contributed by atoms with Crippen molar-refractivity contribution in [1.82, 2.24) is 0 Å². The molecule has 140 valence electrons. The molecule has 3 aromatic rings. The van der Waals surface area contributed by atoms with Gasteiger partial charge in [-0.1, -0.05) is 25.1 Å². The number of nitriles is 1. The van der Waals surface area contributed by atoms with E-state index in [4.69, 9.17) is 10.00 Å². The van der Waals surface area contributed by atoms with Crippen molar-refractivity contribution >= 4 is 5.97 Å². The number of benzene rings is 3. The zero-order valence-electron chi connectivity index (χ0n) is 14.8. The van der Waals surface area contributed by atoms with E-state index < -0.39 is 23.4 Å². The molecule has 0 saturated heterocycles. The number of aryl methyl sites for hydroxylation is 1. The number of hydrogen-bond acceptors (Lipinski definition) is 3. The Balaban J connectivity index is 1.85. The Morgan fingerprint density at radius 3 is 2.36 bits per heavy atom. The van der Waals surface area contributed by atoms with E-state index in [0.29, 0.717) is 6.42 Å². The average molecular weight is 381 g/mol. The third-order valence-electron chi connectivity index (χ3n) is 4.21. The molecule has 0 aliphatic heterocycles. The molecule has 0 fully saturated rings. The van der Waals surface area contributed by atoms with Crippen molar-refractivity contribution in [2.24, 2.45) is 0 Å². The SMILES string of the molecule is CCc1ccc(-c2ccc(C(=O)Oc3ccc(C#N)c(F)c3)c(F)c2)c(F)c1. The zero-order chi connectivity index (χ0) is 20.3. The summed E-state index contributed by atoms with van der Waals surface area (Å²) in [6, 6.07) is 13.2. The second-order valence-corrected chi connectivity index (χ2v) is 6.01. The fourth-order valence-corrected chi connectivity index (χ4v) is 2.67. The van der Waals surface area contributed by atoms with E-state index in [1.165, 1.54) is 24.3 Å². The van der Waals surface area contributed by atoms with Crippen molar-refractivity contribution < 1.29 is 22.7 Å². The number of hydrogen-bond donors (Lipinski definition) is 0. The molecule has 0 unspecified atom stereocenters. The average Bonchev–Trinajstić information content (AvgIpc) is 2.67. The second kappa shape index (κ2) is 7.97. The largest absolute Gasteiger partial charge is 0.423 e. The Bertz CT molecular complexity index is 1100. The van der Waals surface area contributed by atoms with Crippen molar-refractivity contribution in [2.45, 2.75) is 13.3 Å². The first kappa shape index (κ1) is 19.2. The van der Waals surface area contributed by atoms with Crippen molar-refractivity contribution in [3.05, 3.63) is 88.7 Å². The maximum Gasteiger partial charge on any atom is 0.346 e. The van der Waals surface area contributed by atoms with Crippen LogP contribution in [0.15, 0.2) is 54.6 Å². The number of ether oxygens (including phenoxy) is 1. The molecule has 0 N–H and O–H groups in total. The van der Waals surface area contributed by atoms with Gasteiger partial charge >= 0.3 is 5.97 Å². The topological polar surface area (TPSA) is 50.1 Å². The second-order valence-electron chi connectivity index (χ2n) is 6.01. The van der Waals surface area contributed by atoms with Gasteiger partial charge < -0.3 is 4.74 Å². The molecule has 0 amide bonds. The van der Waals surface area contributed by atoms with E-state index in [1.807, 2.05) is 6.92 Å². The minimum absolute atomic E-state index is 0.161. The predicted octanol–water partition coefficient (Wildman–Crippen LogP) is 5.42. The first-order valence-corrected chi connectivity index (χ1v) is 8.43. The summed E-state index contributed by atoms with van der Waals surface area (Å²) in [5.41, 5.74) is 0.728. The van der Waals surface area contributed by atoms with Crippen LogP contribution in [0, 0.1) is 28.8 Å². The number of esters is 1. The van der Waals surface area contributed by atoms with Crippen LogP contribution in [0.4, 0.5) is 13.2 Å². The van der Waals surface area contributed by atoms with E-state index >= 15 is 0 Å². The molecular weight excluding hydrogens is 367 g/mol. The Labute approximate surface area is 159 Å². The van der Waals surface area contributed by atoms with Crippen LogP contribution in [0.5, 0.6) is 5.75 Å². The monoisotopic (exact) mass is 381 g/mol. The summed E-state index contributed by atoms with van der Waals surface area (Å²) in [5.74, 6) is -3.42. The third kappa shape index (κ3) is 3.89. The van der Waals surface area contributed by atoms with E-state index in [0.717, 1.165) is 23.8 Å². The van der Waals surface area contributed by atoms with Crippen LogP contribution >= 0.6 is 0 Å². The number of halogens is 3. The van der Waals surface area contributed by atoms with E-state index in [1.54, 1.807) is 18.2 Å². The van der Waals surface area contributed by atoms with Gasteiger partial charge in [0.2, 0.25) is 0 Å². The van der Waals surface area contributed by atoms with Gasteiger partial charge in [-0.05, 0) is 47.9 Å². The van der Waals surface area contributed by atoms with Gasteiger partial charge in [0.15, 0.2) is 0 Å². The van der Waals surface area contributed by atoms with Crippen molar-refractivity contribution in [3.8, 4) is 22.9 Å². The van der Waals surface area contributed by atoms with Crippen LogP contribution < -0.4 is 4.74 Å². The first-order valence-electron chi connectivity index (χ1n) is 8.43. The lowest BCUT2D eigenvalue weighted by atomic mass is 10.0. The van der Waals surface area contributed by atoms with Gasteiger partial charge in [-0.2, -0.15) is 5.26 Å². The van der Waals surface area contributed by atoms with Gasteiger partial charge in [-0.25, -0.2) is 18.0 Å². The van der Waals surface area contributed by atoms with E-state index in [-0.39, 0.29) is 28.0 Å². The standard InChI is InChI=1S/C22H14F3NO2/c1-2-13-3-7-17(20(24)9-13)14-5-8-18(21(25)10-14)22(27)28-16-6-4-15(12-26)19(23)11-16/h3-11H,2H2,1H3. The lowest BCUT2D eigenvalue weighted by Crippen LogP contribution is -2.11. The molecule has 0 aliphatic carbocycles. The molecule has 0 bridgehead atoms. The quantitative estimate of drug-likeness (QED) is 0.448. The van der Waals surface area contributed by atoms with Gasteiger partial charge in [-0.3, -0.25) is 0 Å². The fraction of sp³-hybridized carbons (Fsp3) is 0.0909. The number of nitrogens with zero attached hydrogens (tertiary/aromatic N) is 1. The van der Waals surface area contributed by atoms with E-state index in [2.05, 4.69) is 0 Å². The summed E-state index contributed by atoms with van der Waals surface area (Å²) < 4.78 is 47.2. The lowest BCUT2D eigenvalue weighted by Gasteiger charge is -2.09. The van der Waals surface area contributed by atoms with Gasteiger partial charge in [0.1, 0.15) is 29.3 Å². The Kier molecular flexibility index (Phi) is 5.46. The van der Waals surface area contributed by atoms with Crippen LogP contribution in [-0.2, 0) is 6.42 Å². The number of carbonyl (C=O) groups is 1. The van der Waals surface area contributed by atoms with Crippen molar-refractivity contribution in [3.63, 3.8) is 0 Å². The fourth-order valence-electron chi connectivity index (χ4n) is 2.67. The summed E-state index contributed by atoms with van der Waals surface area (Å²) in [7, 11) is 0. The molecule has 0 aliphatic rings. The maximum absolute atomic E-state index is 14.4. The first-order chi connectivity index (χ1) is 13.4. The molecule has 0 aromatic heterocycles. The molecule has 0 heterocycles. The van der Waals surface area contributed by atoms with Gasteiger partial charge in [0.05, 0.1) is 11.1 Å². The predicted molar refractivity (Wildman–Crippen MR) is 97.2 cm³/mol. The van der Waals surface area contributed by atoms with Crippen LogP contribution in [0.3, 0.4) is 0 Å². The molecule has 3 aromatic carbocycles. The summed E-state index contributed by atoms with van der Waals surface area (Å²) in [5, 5.41) is 8.70. The Morgan fingerprint density at radius 1 is 0.964 bits per heavy atom. The van der Waals surface area contributed by atoms with Gasteiger partial charge in [-0.15, -0.1) is 0 Å². The highest BCUT2D eigenvalue weighted by molar-refractivity contribution is 5.92. The van der Waals surface area contributed by atoms with Gasteiger partial charge in [0.25, 0.3) is 0 Å². The highest BCUT2D eigenvalue weighted by atomic mass is 19.1. The molecule has 0 saturated carbocycles. The lowest BCUT2D eigenvalue weighted by molar-refractivity contribution is 0.0729. The minimum atomic E-state index is -1.03. The summed E-state index contributed by atoms with van der Waals surface area (Å²) in [6.07, 6.45) is 0.673. The molecule has 3 nitrogen and oxygen atoms in total. The van der Waals surface area contributed by atoms with Crippen LogP contribution in [0.2, 0.25) is 0 Å². The maximum atomic E-state index is 14.4. The molecular formula is C22H14F3NO2. The minimum Gasteiger partial charge on any atom is -0.423 e. The van der Waals surface area contributed by atoms with Crippen molar-refractivity contribution in [2.75, 3.05) is 0 Å². The summed E-state index contributed by atoms with van der Waals surface area (Å²) >= 11 is 0. The highest BCUT2D eigenvalue weighted by Crippen LogP contribution is 2.26. The van der Waals surface area contributed by atoms with E-state index in [9.17, 15) is 18.0 Å².